The van der Waals surface area contributed by atoms with Crippen molar-refractivity contribution in [3.05, 3.63) is 64.4 Å². The van der Waals surface area contributed by atoms with Gasteiger partial charge in [0.05, 0.1) is 11.6 Å². The van der Waals surface area contributed by atoms with Crippen LogP contribution in [0.3, 0.4) is 0 Å². The molecule has 4 rings (SSSR count). The van der Waals surface area contributed by atoms with E-state index in [1.807, 2.05) is 6.07 Å². The lowest BCUT2D eigenvalue weighted by atomic mass is 9.71. The van der Waals surface area contributed by atoms with Gasteiger partial charge in [-0.2, -0.15) is 0 Å². The van der Waals surface area contributed by atoms with Gasteiger partial charge in [0.25, 0.3) is 0 Å². The summed E-state index contributed by atoms with van der Waals surface area (Å²) in [6, 6.07) is 13.5. The van der Waals surface area contributed by atoms with Crippen LogP contribution in [0.15, 0.2) is 47.5 Å². The Balaban J connectivity index is 1.68. The standard InChI is InChI=1S/C20H21ClFN3/c21-16-6-3-5-15(18(16)22)13-24-19-20(8-10-23-11-9-20)12-14-4-1-2-7-17(14)25-19/h1-7,23H,8-13H2,(H,24,25). The highest BCUT2D eigenvalue weighted by Gasteiger charge is 2.40. The number of hydrogen-bond donors (Lipinski definition) is 2. The number of amidine groups is 1. The second-order valence-corrected chi connectivity index (χ2v) is 7.27. The largest absolute Gasteiger partial charge is 0.343 e. The van der Waals surface area contributed by atoms with Crippen LogP contribution in [0.5, 0.6) is 0 Å². The highest BCUT2D eigenvalue weighted by molar-refractivity contribution is 6.30. The minimum Gasteiger partial charge on any atom is -0.343 e. The molecule has 1 spiro atoms. The van der Waals surface area contributed by atoms with Gasteiger partial charge in [-0.05, 0) is 50.0 Å². The number of nitrogens with zero attached hydrogens (tertiary/aromatic N) is 1. The maximum absolute atomic E-state index is 14.2. The molecule has 3 nitrogen and oxygen atoms in total. The molecule has 0 saturated carbocycles. The van der Waals surface area contributed by atoms with E-state index in [9.17, 15) is 4.39 Å². The van der Waals surface area contributed by atoms with E-state index in [1.54, 1.807) is 18.2 Å². The summed E-state index contributed by atoms with van der Waals surface area (Å²) in [6.07, 6.45) is 3.05. The van der Waals surface area contributed by atoms with Crippen LogP contribution in [0.2, 0.25) is 5.02 Å². The van der Waals surface area contributed by atoms with E-state index in [0.717, 1.165) is 43.9 Å². The van der Waals surface area contributed by atoms with E-state index in [1.165, 1.54) is 5.56 Å². The molecule has 0 amide bonds. The highest BCUT2D eigenvalue weighted by Crippen LogP contribution is 2.41. The van der Waals surface area contributed by atoms with Crippen LogP contribution in [0.4, 0.5) is 10.1 Å². The van der Waals surface area contributed by atoms with E-state index < -0.39 is 0 Å². The highest BCUT2D eigenvalue weighted by atomic mass is 35.5. The monoisotopic (exact) mass is 357 g/mol. The van der Waals surface area contributed by atoms with Gasteiger partial charge < -0.3 is 10.6 Å². The van der Waals surface area contributed by atoms with E-state index in [4.69, 9.17) is 16.6 Å². The summed E-state index contributed by atoms with van der Waals surface area (Å²) in [4.78, 5) is 4.81. The Bertz CT molecular complexity index is 812. The summed E-state index contributed by atoms with van der Waals surface area (Å²) in [5, 5.41) is 7.11. The molecular weight excluding hydrogens is 337 g/mol. The summed E-state index contributed by atoms with van der Waals surface area (Å²) in [5.74, 6) is 0.608. The number of hydrogen-bond acceptors (Lipinski definition) is 2. The van der Waals surface area contributed by atoms with Crippen LogP contribution in [-0.2, 0) is 13.0 Å². The Hall–Kier alpha value is -1.91. The Morgan fingerprint density at radius 1 is 1.08 bits per heavy atom. The quantitative estimate of drug-likeness (QED) is 0.835. The maximum Gasteiger partial charge on any atom is 0.146 e. The van der Waals surface area contributed by atoms with Gasteiger partial charge in [-0.25, -0.2) is 4.39 Å². The van der Waals surface area contributed by atoms with Crippen molar-refractivity contribution in [1.82, 2.24) is 5.32 Å². The average molecular weight is 358 g/mol. The first-order valence-corrected chi connectivity index (χ1v) is 9.09. The van der Waals surface area contributed by atoms with E-state index in [-0.39, 0.29) is 16.3 Å². The molecule has 2 N–H and O–H groups in total. The Morgan fingerprint density at radius 3 is 2.72 bits per heavy atom. The molecule has 0 unspecified atom stereocenters. The number of benzene rings is 2. The van der Waals surface area contributed by atoms with Crippen LogP contribution in [-0.4, -0.2) is 18.9 Å². The fraction of sp³-hybridized carbons (Fsp3) is 0.350. The summed E-state index contributed by atoms with van der Waals surface area (Å²) >= 11 is 5.90. The molecule has 0 bridgehead atoms. The van der Waals surface area contributed by atoms with Crippen molar-refractivity contribution >= 4 is 23.1 Å². The number of piperidine rings is 1. The number of fused-ring (bicyclic) bond motifs is 1. The van der Waals surface area contributed by atoms with Crippen molar-refractivity contribution < 1.29 is 4.39 Å². The first-order chi connectivity index (χ1) is 12.2. The lowest BCUT2D eigenvalue weighted by Crippen LogP contribution is -2.48. The molecule has 5 heteroatoms. The second-order valence-electron chi connectivity index (χ2n) is 6.87. The van der Waals surface area contributed by atoms with Gasteiger partial charge in [0, 0.05) is 16.7 Å². The molecule has 2 aliphatic heterocycles. The molecule has 2 aromatic carbocycles. The third-order valence-corrected chi connectivity index (χ3v) is 5.59. The van der Waals surface area contributed by atoms with Gasteiger partial charge in [0.1, 0.15) is 11.7 Å². The number of anilines is 1. The molecule has 0 atom stereocenters. The van der Waals surface area contributed by atoms with Gasteiger partial charge in [-0.1, -0.05) is 41.9 Å². The summed E-state index contributed by atoms with van der Waals surface area (Å²) in [5.41, 5.74) is 2.98. The topological polar surface area (TPSA) is 36.4 Å². The van der Waals surface area contributed by atoms with Crippen molar-refractivity contribution in [2.24, 2.45) is 10.4 Å². The molecule has 130 valence electrons. The third-order valence-electron chi connectivity index (χ3n) is 5.30. The van der Waals surface area contributed by atoms with Crippen LogP contribution in [0.25, 0.3) is 0 Å². The van der Waals surface area contributed by atoms with E-state index in [2.05, 4.69) is 28.8 Å². The molecule has 1 saturated heterocycles. The smallest absolute Gasteiger partial charge is 0.146 e. The number of aliphatic imine (C=N–C) groups is 1. The predicted molar refractivity (Wildman–Crippen MR) is 101 cm³/mol. The molecule has 2 aromatic rings. The first-order valence-electron chi connectivity index (χ1n) is 8.71. The fourth-order valence-electron chi connectivity index (χ4n) is 3.87. The minimum absolute atomic E-state index is 0.00859. The normalized spacial score (nSPS) is 20.3. The molecule has 0 radical (unpaired) electrons. The van der Waals surface area contributed by atoms with Gasteiger partial charge >= 0.3 is 0 Å². The zero-order valence-corrected chi connectivity index (χ0v) is 14.7. The lowest BCUT2D eigenvalue weighted by Gasteiger charge is -2.42. The number of rotatable bonds is 2. The molecular formula is C20H21ClFN3. The molecule has 0 aromatic heterocycles. The van der Waals surface area contributed by atoms with Crippen LogP contribution < -0.4 is 10.6 Å². The minimum atomic E-state index is -0.371. The Morgan fingerprint density at radius 2 is 1.88 bits per heavy atom. The number of nitrogens with one attached hydrogen (secondary N) is 2. The average Bonchev–Trinajstić information content (AvgIpc) is 2.64. The summed E-state index contributed by atoms with van der Waals surface area (Å²) in [7, 11) is 0. The zero-order chi connectivity index (χ0) is 17.3. The molecule has 0 aliphatic carbocycles. The predicted octanol–water partition coefficient (Wildman–Crippen LogP) is 4.42. The van der Waals surface area contributed by atoms with Crippen molar-refractivity contribution in [2.75, 3.05) is 18.4 Å². The van der Waals surface area contributed by atoms with E-state index in [0.29, 0.717) is 12.1 Å². The van der Waals surface area contributed by atoms with Crippen LogP contribution >= 0.6 is 11.6 Å². The van der Waals surface area contributed by atoms with Crippen LogP contribution in [0, 0.1) is 11.2 Å². The number of para-hydroxylation sites is 1. The van der Waals surface area contributed by atoms with Crippen LogP contribution in [0.1, 0.15) is 24.0 Å². The van der Waals surface area contributed by atoms with Crippen molar-refractivity contribution in [3.63, 3.8) is 0 Å². The van der Waals surface area contributed by atoms with Gasteiger partial charge in [0.15, 0.2) is 0 Å². The maximum atomic E-state index is 14.2. The van der Waals surface area contributed by atoms with E-state index >= 15 is 0 Å². The van der Waals surface area contributed by atoms with Gasteiger partial charge in [-0.3, -0.25) is 4.99 Å². The molecule has 1 fully saturated rings. The Kier molecular flexibility index (Phi) is 4.48. The van der Waals surface area contributed by atoms with Gasteiger partial charge in [-0.15, -0.1) is 0 Å². The van der Waals surface area contributed by atoms with Gasteiger partial charge in [0.2, 0.25) is 0 Å². The summed E-state index contributed by atoms with van der Waals surface area (Å²) < 4.78 is 14.2. The van der Waals surface area contributed by atoms with Crippen molar-refractivity contribution in [3.8, 4) is 0 Å². The second kappa shape index (κ2) is 6.77. The third kappa shape index (κ3) is 3.16. The first kappa shape index (κ1) is 16.6. The molecule has 25 heavy (non-hydrogen) atoms. The SMILES string of the molecule is Fc1c(Cl)cccc1CN=C1Nc2ccccc2CC12CCNCC2. The Labute approximate surface area is 152 Å². The summed E-state index contributed by atoms with van der Waals surface area (Å²) in [6.45, 7) is 2.26. The zero-order valence-electron chi connectivity index (χ0n) is 14.0. The van der Waals surface area contributed by atoms with Crippen molar-refractivity contribution in [1.29, 1.82) is 0 Å². The molecule has 2 heterocycles. The molecule has 2 aliphatic rings. The fourth-order valence-corrected chi connectivity index (χ4v) is 4.06. The number of halogens is 2. The lowest BCUT2D eigenvalue weighted by molar-refractivity contribution is 0.293. The van der Waals surface area contributed by atoms with Crippen molar-refractivity contribution in [2.45, 2.75) is 25.8 Å².